The largest absolute Gasteiger partial charge is 0.493 e. The monoisotopic (exact) mass is 515 g/mol. The van der Waals surface area contributed by atoms with Gasteiger partial charge in [0.25, 0.3) is 5.69 Å². The average Bonchev–Trinajstić information content (AvgIpc) is 3.43. The smallest absolute Gasteiger partial charge is 0.269 e. The summed E-state index contributed by atoms with van der Waals surface area (Å²) in [6.45, 7) is 3.11. The summed E-state index contributed by atoms with van der Waals surface area (Å²) in [5.74, 6) is 2.10. The molecule has 0 unspecified atom stereocenters. The van der Waals surface area contributed by atoms with Gasteiger partial charge in [0.2, 0.25) is 0 Å². The molecule has 1 aliphatic heterocycles. The van der Waals surface area contributed by atoms with Gasteiger partial charge in [0.1, 0.15) is 18.1 Å². The maximum Gasteiger partial charge on any atom is 0.269 e. The van der Waals surface area contributed by atoms with Gasteiger partial charge in [0.05, 0.1) is 31.0 Å². The molecule has 3 aromatic carbocycles. The van der Waals surface area contributed by atoms with E-state index in [1.54, 1.807) is 31.0 Å². The Morgan fingerprint density at radius 1 is 0.974 bits per heavy atom. The molecule has 0 aliphatic carbocycles. The molecule has 0 atom stereocenters. The van der Waals surface area contributed by atoms with E-state index in [4.69, 9.17) is 14.2 Å². The highest BCUT2D eigenvalue weighted by Gasteiger charge is 2.19. The summed E-state index contributed by atoms with van der Waals surface area (Å²) in [4.78, 5) is 12.8. The van der Waals surface area contributed by atoms with E-state index >= 15 is 0 Å². The highest BCUT2D eigenvalue weighted by Crippen LogP contribution is 2.33. The predicted molar refractivity (Wildman–Crippen MR) is 141 cm³/mol. The number of ether oxygens (including phenoxy) is 3. The van der Waals surface area contributed by atoms with E-state index < -0.39 is 4.92 Å². The van der Waals surface area contributed by atoms with Gasteiger partial charge in [-0.15, -0.1) is 5.10 Å². The number of rotatable bonds is 10. The zero-order valence-electron chi connectivity index (χ0n) is 21.4. The SMILES string of the molecule is COc1cc2c(cc1OC)CN(CCc1ccc(-n3cc(COc4ccc([N+](=O)[O-])cc4)nn3)cc1)CC2. The van der Waals surface area contributed by atoms with Crippen LogP contribution in [0.1, 0.15) is 22.4 Å². The van der Waals surface area contributed by atoms with Gasteiger partial charge >= 0.3 is 0 Å². The number of nitrogens with zero attached hydrogens (tertiary/aromatic N) is 5. The number of hydrogen-bond acceptors (Lipinski definition) is 8. The van der Waals surface area contributed by atoms with Crippen molar-refractivity contribution in [2.24, 2.45) is 0 Å². The first-order valence-corrected chi connectivity index (χ1v) is 12.4. The van der Waals surface area contributed by atoms with Gasteiger partial charge in [-0.25, -0.2) is 4.68 Å². The topological polar surface area (TPSA) is 105 Å². The van der Waals surface area contributed by atoms with Crippen molar-refractivity contribution in [1.82, 2.24) is 19.9 Å². The standard InChI is InChI=1S/C28H29N5O5/c1-36-27-15-21-12-14-31(17-22(21)16-28(27)37-2)13-11-20-3-5-24(6-4-20)32-18-23(29-30-32)19-38-26-9-7-25(8-10-26)33(34)35/h3-10,15-16,18H,11-14,17,19H2,1-2H3. The van der Waals surface area contributed by atoms with Crippen LogP contribution in [0.2, 0.25) is 0 Å². The van der Waals surface area contributed by atoms with Crippen LogP contribution in [0.4, 0.5) is 5.69 Å². The van der Waals surface area contributed by atoms with E-state index in [1.165, 1.54) is 28.8 Å². The van der Waals surface area contributed by atoms with Crippen LogP contribution in [0.3, 0.4) is 0 Å². The lowest BCUT2D eigenvalue weighted by molar-refractivity contribution is -0.384. The number of hydrogen-bond donors (Lipinski definition) is 0. The van der Waals surface area contributed by atoms with Crippen LogP contribution >= 0.6 is 0 Å². The second-order valence-electron chi connectivity index (χ2n) is 9.11. The van der Waals surface area contributed by atoms with E-state index in [2.05, 4.69) is 39.5 Å². The van der Waals surface area contributed by atoms with Gasteiger partial charge in [-0.2, -0.15) is 0 Å². The van der Waals surface area contributed by atoms with Gasteiger partial charge in [0.15, 0.2) is 11.5 Å². The molecule has 2 heterocycles. The lowest BCUT2D eigenvalue weighted by Gasteiger charge is -2.29. The Balaban J connectivity index is 1.13. The lowest BCUT2D eigenvalue weighted by atomic mass is 9.98. The first-order valence-electron chi connectivity index (χ1n) is 12.4. The molecule has 0 saturated carbocycles. The molecule has 5 rings (SSSR count). The normalized spacial score (nSPS) is 13.1. The summed E-state index contributed by atoms with van der Waals surface area (Å²) in [5, 5.41) is 19.1. The third kappa shape index (κ3) is 5.76. The lowest BCUT2D eigenvalue weighted by Crippen LogP contribution is -2.32. The third-order valence-corrected chi connectivity index (χ3v) is 6.69. The molecular formula is C28H29N5O5. The molecule has 1 aliphatic rings. The molecule has 10 nitrogen and oxygen atoms in total. The van der Waals surface area contributed by atoms with Crippen LogP contribution in [-0.4, -0.2) is 52.1 Å². The molecule has 10 heteroatoms. The second-order valence-corrected chi connectivity index (χ2v) is 9.11. The third-order valence-electron chi connectivity index (χ3n) is 6.69. The zero-order chi connectivity index (χ0) is 26.5. The minimum Gasteiger partial charge on any atom is -0.493 e. The molecule has 4 aromatic rings. The fourth-order valence-electron chi connectivity index (χ4n) is 4.55. The Morgan fingerprint density at radius 2 is 1.68 bits per heavy atom. The number of nitro groups is 1. The average molecular weight is 516 g/mol. The van der Waals surface area contributed by atoms with E-state index in [1.807, 2.05) is 18.3 Å². The molecule has 0 spiro atoms. The summed E-state index contributed by atoms with van der Waals surface area (Å²) < 4.78 is 18.3. The Labute approximate surface area is 220 Å². The first kappa shape index (κ1) is 25.2. The van der Waals surface area contributed by atoms with Crippen molar-refractivity contribution < 1.29 is 19.1 Å². The summed E-state index contributed by atoms with van der Waals surface area (Å²) >= 11 is 0. The molecule has 1 aromatic heterocycles. The Morgan fingerprint density at radius 3 is 2.37 bits per heavy atom. The molecule has 0 fully saturated rings. The van der Waals surface area contributed by atoms with Crippen LogP contribution in [-0.2, 0) is 26.0 Å². The van der Waals surface area contributed by atoms with Crippen molar-refractivity contribution >= 4 is 5.69 Å². The predicted octanol–water partition coefficient (Wildman–Crippen LogP) is 4.37. The van der Waals surface area contributed by atoms with E-state index in [-0.39, 0.29) is 12.3 Å². The molecule has 0 bridgehead atoms. The first-order chi connectivity index (χ1) is 18.5. The Bertz CT molecular complexity index is 1400. The molecule has 0 radical (unpaired) electrons. The molecule has 38 heavy (non-hydrogen) atoms. The summed E-state index contributed by atoms with van der Waals surface area (Å²) in [7, 11) is 3.34. The Hall–Kier alpha value is -4.44. The molecular weight excluding hydrogens is 486 g/mol. The maximum atomic E-state index is 10.8. The van der Waals surface area contributed by atoms with Crippen molar-refractivity contribution in [3.8, 4) is 22.9 Å². The fourth-order valence-corrected chi connectivity index (χ4v) is 4.55. The number of aromatic nitrogens is 3. The highest BCUT2D eigenvalue weighted by molar-refractivity contribution is 5.48. The van der Waals surface area contributed by atoms with Gasteiger partial charge < -0.3 is 14.2 Å². The van der Waals surface area contributed by atoms with Crippen molar-refractivity contribution in [3.05, 3.63) is 99.4 Å². The second kappa shape index (κ2) is 11.3. The van der Waals surface area contributed by atoms with Crippen LogP contribution in [0.25, 0.3) is 5.69 Å². The van der Waals surface area contributed by atoms with Crippen molar-refractivity contribution in [2.75, 3.05) is 27.3 Å². The minimum atomic E-state index is -0.442. The van der Waals surface area contributed by atoms with Gasteiger partial charge in [-0.05, 0) is 65.9 Å². The number of nitro benzene ring substituents is 1. The molecule has 0 amide bonds. The fraction of sp³-hybridized carbons (Fsp3) is 0.286. The van der Waals surface area contributed by atoms with Crippen LogP contribution in [0, 0.1) is 10.1 Å². The molecule has 0 N–H and O–H groups in total. The summed E-state index contributed by atoms with van der Waals surface area (Å²) in [6.07, 6.45) is 3.76. The van der Waals surface area contributed by atoms with E-state index in [0.29, 0.717) is 11.4 Å². The van der Waals surface area contributed by atoms with Crippen LogP contribution in [0.5, 0.6) is 17.2 Å². The van der Waals surface area contributed by atoms with Crippen LogP contribution < -0.4 is 14.2 Å². The summed E-state index contributed by atoms with van der Waals surface area (Å²) in [5.41, 5.74) is 5.48. The molecule has 196 valence electrons. The Kier molecular flexibility index (Phi) is 7.50. The van der Waals surface area contributed by atoms with Crippen LogP contribution in [0.15, 0.2) is 66.9 Å². The highest BCUT2D eigenvalue weighted by atomic mass is 16.6. The van der Waals surface area contributed by atoms with Crippen molar-refractivity contribution in [1.29, 1.82) is 0 Å². The summed E-state index contributed by atoms with van der Waals surface area (Å²) in [6, 6.07) is 18.5. The number of non-ortho nitro benzene ring substituents is 1. The van der Waals surface area contributed by atoms with E-state index in [0.717, 1.165) is 49.7 Å². The van der Waals surface area contributed by atoms with Gasteiger partial charge in [-0.1, -0.05) is 17.3 Å². The van der Waals surface area contributed by atoms with Gasteiger partial charge in [-0.3, -0.25) is 15.0 Å². The van der Waals surface area contributed by atoms with Crippen molar-refractivity contribution in [3.63, 3.8) is 0 Å². The van der Waals surface area contributed by atoms with E-state index in [9.17, 15) is 10.1 Å². The minimum absolute atomic E-state index is 0.0229. The zero-order valence-corrected chi connectivity index (χ0v) is 21.4. The number of fused-ring (bicyclic) bond motifs is 1. The number of benzene rings is 3. The quantitative estimate of drug-likeness (QED) is 0.226. The molecule has 0 saturated heterocycles. The number of methoxy groups -OCH3 is 2. The maximum absolute atomic E-state index is 10.8. The van der Waals surface area contributed by atoms with Gasteiger partial charge in [0, 0.05) is 31.8 Å². The van der Waals surface area contributed by atoms with Crippen molar-refractivity contribution in [2.45, 2.75) is 26.0 Å².